The topological polar surface area (TPSA) is 105 Å². The molecule has 0 radical (unpaired) electrons. The molecule has 0 saturated carbocycles. The standard InChI is InChI=1S/C24H29Cl2N3O6S/c1-4-27-24(31)16(2)28(14-17-7-9-19(25)20(26)12-17)23(30)6-5-11-29(36(3,32)33)18-8-10-21-22(13-18)35-15-34-21/h7-10,12-13,16H,4-6,11,14-15H2,1-3H3,(H,27,31)/t16-/m0/s1. The minimum atomic E-state index is -3.63. The summed E-state index contributed by atoms with van der Waals surface area (Å²) in [5.74, 6) is 0.420. The lowest BCUT2D eigenvalue weighted by molar-refractivity contribution is -0.140. The van der Waals surface area contributed by atoms with E-state index in [1.807, 2.05) is 0 Å². The normalized spacial score (nSPS) is 13.2. The average molecular weight is 558 g/mol. The molecule has 0 unspecified atom stereocenters. The summed E-state index contributed by atoms with van der Waals surface area (Å²) in [6, 6.07) is 9.15. The first-order chi connectivity index (χ1) is 17.0. The summed E-state index contributed by atoms with van der Waals surface area (Å²) in [5.41, 5.74) is 1.13. The van der Waals surface area contributed by atoms with Gasteiger partial charge in [-0.1, -0.05) is 29.3 Å². The second-order valence-corrected chi connectivity index (χ2v) is 11.0. The highest BCUT2D eigenvalue weighted by Crippen LogP contribution is 2.36. The van der Waals surface area contributed by atoms with Crippen LogP contribution in [0, 0.1) is 0 Å². The van der Waals surface area contributed by atoms with Gasteiger partial charge in [0.05, 0.1) is 22.0 Å². The number of ether oxygens (including phenoxy) is 2. The molecule has 196 valence electrons. The van der Waals surface area contributed by atoms with Crippen LogP contribution in [-0.4, -0.2) is 57.3 Å². The SMILES string of the molecule is CCNC(=O)[C@H](C)N(Cc1ccc(Cl)c(Cl)c1)C(=O)CCCN(c1ccc2c(c1)OCO2)S(C)(=O)=O. The van der Waals surface area contributed by atoms with Crippen molar-refractivity contribution in [2.75, 3.05) is 30.4 Å². The van der Waals surface area contributed by atoms with E-state index in [4.69, 9.17) is 32.7 Å². The van der Waals surface area contributed by atoms with Crippen LogP contribution in [0.15, 0.2) is 36.4 Å². The van der Waals surface area contributed by atoms with Crippen LogP contribution >= 0.6 is 23.2 Å². The molecule has 1 aliphatic rings. The summed E-state index contributed by atoms with van der Waals surface area (Å²) in [6.45, 7) is 4.16. The number of benzene rings is 2. The summed E-state index contributed by atoms with van der Waals surface area (Å²) >= 11 is 12.1. The van der Waals surface area contributed by atoms with Crippen molar-refractivity contribution in [1.29, 1.82) is 0 Å². The lowest BCUT2D eigenvalue weighted by atomic mass is 10.1. The number of carbonyl (C=O) groups excluding carboxylic acids is 2. The molecule has 3 rings (SSSR count). The van der Waals surface area contributed by atoms with Gasteiger partial charge in [0, 0.05) is 32.1 Å². The summed E-state index contributed by atoms with van der Waals surface area (Å²) in [4.78, 5) is 27.2. The number of nitrogens with zero attached hydrogens (tertiary/aromatic N) is 2. The molecule has 36 heavy (non-hydrogen) atoms. The summed E-state index contributed by atoms with van der Waals surface area (Å²) < 4.78 is 36.9. The molecule has 0 aliphatic carbocycles. The van der Waals surface area contributed by atoms with Crippen LogP contribution < -0.4 is 19.1 Å². The molecule has 2 aromatic carbocycles. The summed E-state index contributed by atoms with van der Waals surface area (Å²) in [7, 11) is -3.63. The third-order valence-corrected chi connectivity index (χ3v) is 7.58. The van der Waals surface area contributed by atoms with Crippen molar-refractivity contribution in [3.8, 4) is 11.5 Å². The van der Waals surface area contributed by atoms with Gasteiger partial charge in [0.25, 0.3) is 0 Å². The number of carbonyl (C=O) groups is 2. The lowest BCUT2D eigenvalue weighted by Gasteiger charge is -2.29. The van der Waals surface area contributed by atoms with Crippen LogP contribution in [0.2, 0.25) is 10.0 Å². The molecule has 12 heteroatoms. The van der Waals surface area contributed by atoms with Crippen LogP contribution in [-0.2, 0) is 26.2 Å². The van der Waals surface area contributed by atoms with Crippen LogP contribution in [0.5, 0.6) is 11.5 Å². The number of amides is 2. The lowest BCUT2D eigenvalue weighted by Crippen LogP contribution is -2.47. The number of hydrogen-bond acceptors (Lipinski definition) is 6. The maximum Gasteiger partial charge on any atom is 0.242 e. The first-order valence-electron chi connectivity index (χ1n) is 11.4. The van der Waals surface area contributed by atoms with E-state index >= 15 is 0 Å². The molecule has 2 aromatic rings. The maximum absolute atomic E-state index is 13.3. The van der Waals surface area contributed by atoms with Gasteiger partial charge in [-0.05, 0) is 50.1 Å². The first kappa shape index (κ1) is 27.9. The van der Waals surface area contributed by atoms with Crippen LogP contribution in [0.4, 0.5) is 5.69 Å². The van der Waals surface area contributed by atoms with E-state index in [1.54, 1.807) is 50.2 Å². The van der Waals surface area contributed by atoms with Crippen molar-refractivity contribution >= 4 is 50.7 Å². The Bertz CT molecular complexity index is 1220. The third-order valence-electron chi connectivity index (χ3n) is 5.65. The molecule has 1 aliphatic heterocycles. The zero-order chi connectivity index (χ0) is 26.5. The molecule has 1 N–H and O–H groups in total. The molecule has 0 bridgehead atoms. The molecule has 0 spiro atoms. The van der Waals surface area contributed by atoms with Gasteiger partial charge in [-0.15, -0.1) is 0 Å². The Kier molecular flexibility index (Phi) is 9.32. The largest absolute Gasteiger partial charge is 0.454 e. The molecule has 9 nitrogen and oxygen atoms in total. The van der Waals surface area contributed by atoms with Gasteiger partial charge in [0.1, 0.15) is 6.04 Å². The molecule has 0 aromatic heterocycles. The molecule has 0 saturated heterocycles. The van der Waals surface area contributed by atoms with E-state index < -0.39 is 16.1 Å². The predicted molar refractivity (Wildman–Crippen MR) is 139 cm³/mol. The Balaban J connectivity index is 1.74. The number of likely N-dealkylation sites (N-methyl/N-ethyl adjacent to an activating group) is 1. The Morgan fingerprint density at radius 2 is 1.81 bits per heavy atom. The highest BCUT2D eigenvalue weighted by molar-refractivity contribution is 7.92. The number of hydrogen-bond donors (Lipinski definition) is 1. The van der Waals surface area contributed by atoms with Gasteiger partial charge < -0.3 is 19.7 Å². The number of halogens is 2. The van der Waals surface area contributed by atoms with E-state index in [2.05, 4.69) is 5.32 Å². The first-order valence-corrected chi connectivity index (χ1v) is 14.0. The minimum absolute atomic E-state index is 0.0294. The van der Waals surface area contributed by atoms with E-state index in [-0.39, 0.29) is 44.5 Å². The van der Waals surface area contributed by atoms with E-state index in [1.165, 1.54) is 9.21 Å². The zero-order valence-corrected chi connectivity index (χ0v) is 22.6. The van der Waals surface area contributed by atoms with Crippen molar-refractivity contribution in [2.45, 2.75) is 39.3 Å². The Morgan fingerprint density at radius 3 is 2.47 bits per heavy atom. The number of rotatable bonds is 11. The third kappa shape index (κ3) is 6.96. The number of sulfonamides is 1. The number of anilines is 1. The summed E-state index contributed by atoms with van der Waals surface area (Å²) in [6.07, 6.45) is 1.37. The highest BCUT2D eigenvalue weighted by Gasteiger charge is 2.27. The fourth-order valence-corrected chi connectivity index (χ4v) is 5.06. The Morgan fingerprint density at radius 1 is 1.08 bits per heavy atom. The highest BCUT2D eigenvalue weighted by atomic mass is 35.5. The average Bonchev–Trinajstić information content (AvgIpc) is 3.29. The van der Waals surface area contributed by atoms with E-state index in [0.717, 1.165) is 6.26 Å². The molecule has 0 fully saturated rings. The second kappa shape index (κ2) is 12.0. The van der Waals surface area contributed by atoms with Gasteiger partial charge in [-0.3, -0.25) is 13.9 Å². The predicted octanol–water partition coefficient (Wildman–Crippen LogP) is 3.82. The van der Waals surface area contributed by atoms with Gasteiger partial charge >= 0.3 is 0 Å². The van der Waals surface area contributed by atoms with Gasteiger partial charge in [-0.25, -0.2) is 8.42 Å². The molecule has 1 atom stereocenters. The zero-order valence-electron chi connectivity index (χ0n) is 20.3. The van der Waals surface area contributed by atoms with Crippen molar-refractivity contribution in [3.05, 3.63) is 52.0 Å². The fraction of sp³-hybridized carbons (Fsp3) is 0.417. The smallest absolute Gasteiger partial charge is 0.242 e. The van der Waals surface area contributed by atoms with Crippen molar-refractivity contribution in [1.82, 2.24) is 10.2 Å². The fourth-order valence-electron chi connectivity index (χ4n) is 3.78. The van der Waals surface area contributed by atoms with Crippen LogP contribution in [0.3, 0.4) is 0 Å². The second-order valence-electron chi connectivity index (χ2n) is 8.32. The van der Waals surface area contributed by atoms with Crippen molar-refractivity contribution in [3.63, 3.8) is 0 Å². The Hall–Kier alpha value is -2.69. The van der Waals surface area contributed by atoms with E-state index in [0.29, 0.717) is 39.3 Å². The van der Waals surface area contributed by atoms with Crippen molar-refractivity contribution in [2.24, 2.45) is 0 Å². The molecule has 1 heterocycles. The minimum Gasteiger partial charge on any atom is -0.454 e. The number of nitrogens with one attached hydrogen (secondary N) is 1. The van der Waals surface area contributed by atoms with Gasteiger partial charge in [0.2, 0.25) is 28.6 Å². The maximum atomic E-state index is 13.3. The van der Waals surface area contributed by atoms with Crippen molar-refractivity contribution < 1.29 is 27.5 Å². The molecular formula is C24H29Cl2N3O6S. The Labute approximate surface area is 221 Å². The molecular weight excluding hydrogens is 529 g/mol. The van der Waals surface area contributed by atoms with Crippen LogP contribution in [0.1, 0.15) is 32.3 Å². The quantitative estimate of drug-likeness (QED) is 0.450. The number of fused-ring (bicyclic) bond motifs is 1. The van der Waals surface area contributed by atoms with Gasteiger partial charge in [-0.2, -0.15) is 0 Å². The monoisotopic (exact) mass is 557 g/mol. The van der Waals surface area contributed by atoms with Crippen LogP contribution in [0.25, 0.3) is 0 Å². The van der Waals surface area contributed by atoms with Gasteiger partial charge in [0.15, 0.2) is 11.5 Å². The molecule has 2 amide bonds. The summed E-state index contributed by atoms with van der Waals surface area (Å²) in [5, 5.41) is 3.47. The van der Waals surface area contributed by atoms with E-state index in [9.17, 15) is 18.0 Å².